The molecule has 9 heteroatoms. The Kier molecular flexibility index (Phi) is 6.76. The fourth-order valence-corrected chi connectivity index (χ4v) is 3.45. The van der Waals surface area contributed by atoms with E-state index in [2.05, 4.69) is 14.3 Å². The quantitative estimate of drug-likeness (QED) is 0.715. The van der Waals surface area contributed by atoms with Crippen LogP contribution >= 0.6 is 0 Å². The number of carbonyl (C=O) groups excluding carboxylic acids is 1. The maximum absolute atomic E-state index is 12.3. The summed E-state index contributed by atoms with van der Waals surface area (Å²) in [5.41, 5.74) is 0. The van der Waals surface area contributed by atoms with Gasteiger partial charge in [0.1, 0.15) is 5.82 Å². The summed E-state index contributed by atoms with van der Waals surface area (Å²) in [6, 6.07) is 0. The Hall–Kier alpha value is -1.45. The van der Waals surface area contributed by atoms with E-state index in [9.17, 15) is 13.2 Å². The molecule has 0 spiro atoms. The van der Waals surface area contributed by atoms with Crippen LogP contribution in [-0.4, -0.2) is 68.4 Å². The molecule has 1 aromatic heterocycles. The van der Waals surface area contributed by atoms with Gasteiger partial charge in [-0.3, -0.25) is 4.79 Å². The molecule has 1 aliphatic heterocycles. The number of aromatic nitrogens is 2. The number of methoxy groups -OCH3 is 1. The molecule has 1 saturated heterocycles. The van der Waals surface area contributed by atoms with E-state index in [-0.39, 0.29) is 24.8 Å². The van der Waals surface area contributed by atoms with Crippen molar-refractivity contribution in [3.05, 3.63) is 18.2 Å². The molecule has 2 heterocycles. The van der Waals surface area contributed by atoms with Gasteiger partial charge in [0.05, 0.1) is 12.9 Å². The minimum absolute atomic E-state index is 0.0224. The SMILES string of the molecule is COCCn1ccnc1[C@H]1CCCN(C(=O)CCNS(C)(=O)=O)C1. The van der Waals surface area contributed by atoms with E-state index < -0.39 is 10.0 Å². The first-order chi connectivity index (χ1) is 11.4. The summed E-state index contributed by atoms with van der Waals surface area (Å²) in [5, 5.41) is 0. The molecule has 1 fully saturated rings. The molecule has 136 valence electrons. The fraction of sp³-hybridized carbons (Fsp3) is 0.733. The number of nitrogens with one attached hydrogen (secondary N) is 1. The average Bonchev–Trinajstić information content (AvgIpc) is 3.00. The number of imidazole rings is 1. The molecule has 0 aliphatic carbocycles. The first-order valence-corrected chi connectivity index (χ1v) is 10.0. The van der Waals surface area contributed by atoms with Crippen LogP contribution in [0.1, 0.15) is 31.0 Å². The minimum Gasteiger partial charge on any atom is -0.383 e. The van der Waals surface area contributed by atoms with Gasteiger partial charge >= 0.3 is 0 Å². The summed E-state index contributed by atoms with van der Waals surface area (Å²) in [6.07, 6.45) is 6.90. The Balaban J connectivity index is 1.91. The van der Waals surface area contributed by atoms with Gasteiger partial charge in [-0.25, -0.2) is 18.1 Å². The van der Waals surface area contributed by atoms with E-state index in [0.717, 1.165) is 31.5 Å². The van der Waals surface area contributed by atoms with Crippen LogP contribution in [0.5, 0.6) is 0 Å². The zero-order chi connectivity index (χ0) is 17.6. The summed E-state index contributed by atoms with van der Waals surface area (Å²) in [4.78, 5) is 18.6. The summed E-state index contributed by atoms with van der Waals surface area (Å²) in [5.74, 6) is 1.17. The highest BCUT2D eigenvalue weighted by Crippen LogP contribution is 2.26. The molecular weight excluding hydrogens is 332 g/mol. The molecule has 0 radical (unpaired) electrons. The first-order valence-electron chi connectivity index (χ1n) is 8.13. The average molecular weight is 358 g/mol. The van der Waals surface area contributed by atoms with Gasteiger partial charge in [0.15, 0.2) is 0 Å². The number of hydrogen-bond donors (Lipinski definition) is 1. The monoisotopic (exact) mass is 358 g/mol. The van der Waals surface area contributed by atoms with Gasteiger partial charge in [0.2, 0.25) is 15.9 Å². The van der Waals surface area contributed by atoms with Crippen molar-refractivity contribution in [2.24, 2.45) is 0 Å². The Morgan fingerprint density at radius 1 is 1.50 bits per heavy atom. The lowest BCUT2D eigenvalue weighted by Gasteiger charge is -2.32. The molecular formula is C15H26N4O4S. The number of nitrogens with zero attached hydrogens (tertiary/aromatic N) is 3. The second-order valence-corrected chi connectivity index (χ2v) is 7.90. The molecule has 1 atom stereocenters. The van der Waals surface area contributed by atoms with Gasteiger partial charge in [0.25, 0.3) is 0 Å². The molecule has 24 heavy (non-hydrogen) atoms. The van der Waals surface area contributed by atoms with Crippen LogP contribution in [0.4, 0.5) is 0 Å². The number of sulfonamides is 1. The van der Waals surface area contributed by atoms with Gasteiger partial charge in [-0.15, -0.1) is 0 Å². The number of rotatable bonds is 8. The predicted octanol–water partition coefficient (Wildman–Crippen LogP) is 0.175. The third-order valence-corrected chi connectivity index (χ3v) is 4.85. The highest BCUT2D eigenvalue weighted by molar-refractivity contribution is 7.88. The molecule has 0 saturated carbocycles. The second-order valence-electron chi connectivity index (χ2n) is 6.07. The topological polar surface area (TPSA) is 93.5 Å². The smallest absolute Gasteiger partial charge is 0.223 e. The van der Waals surface area contributed by atoms with Crippen LogP contribution in [0.15, 0.2) is 12.4 Å². The lowest BCUT2D eigenvalue weighted by Crippen LogP contribution is -2.41. The number of ether oxygens (including phenoxy) is 1. The Morgan fingerprint density at radius 3 is 3.00 bits per heavy atom. The summed E-state index contributed by atoms with van der Waals surface area (Å²) < 4.78 is 31.7. The molecule has 1 amide bonds. The fourth-order valence-electron chi connectivity index (χ4n) is 2.98. The second kappa shape index (κ2) is 8.59. The molecule has 0 bridgehead atoms. The Bertz CT molecular complexity index is 644. The van der Waals surface area contributed by atoms with Crippen LogP contribution in [0.2, 0.25) is 0 Å². The standard InChI is InChI=1S/C15H26N4O4S/c1-23-11-10-18-9-7-16-15(18)13-4-3-8-19(12-13)14(20)5-6-17-24(2,21)22/h7,9,13,17H,3-6,8,10-12H2,1-2H3/t13-/m0/s1. The van der Waals surface area contributed by atoms with Gasteiger partial charge < -0.3 is 14.2 Å². The van der Waals surface area contributed by atoms with Crippen molar-refractivity contribution in [2.75, 3.05) is 39.6 Å². The molecule has 2 rings (SSSR count). The maximum atomic E-state index is 12.3. The molecule has 8 nitrogen and oxygen atoms in total. The Labute approximate surface area is 143 Å². The number of likely N-dealkylation sites (tertiary alicyclic amines) is 1. The number of carbonyl (C=O) groups is 1. The van der Waals surface area contributed by atoms with Crippen molar-refractivity contribution in [1.29, 1.82) is 0 Å². The van der Waals surface area contributed by atoms with Crippen molar-refractivity contribution >= 4 is 15.9 Å². The van der Waals surface area contributed by atoms with E-state index in [1.165, 1.54) is 0 Å². The molecule has 1 aromatic rings. The summed E-state index contributed by atoms with van der Waals surface area (Å²) in [7, 11) is -1.59. The molecule has 1 N–H and O–H groups in total. The van der Waals surface area contributed by atoms with Crippen molar-refractivity contribution in [1.82, 2.24) is 19.2 Å². The van der Waals surface area contributed by atoms with Gasteiger partial charge in [-0.1, -0.05) is 0 Å². The van der Waals surface area contributed by atoms with Crippen LogP contribution < -0.4 is 4.72 Å². The predicted molar refractivity (Wildman–Crippen MR) is 90.1 cm³/mol. The number of piperidine rings is 1. The van der Waals surface area contributed by atoms with E-state index >= 15 is 0 Å². The van der Waals surface area contributed by atoms with E-state index in [0.29, 0.717) is 19.7 Å². The van der Waals surface area contributed by atoms with Crippen LogP contribution in [0.25, 0.3) is 0 Å². The highest BCUT2D eigenvalue weighted by Gasteiger charge is 2.27. The third kappa shape index (κ3) is 5.57. The van der Waals surface area contributed by atoms with Crippen molar-refractivity contribution in [3.8, 4) is 0 Å². The van der Waals surface area contributed by atoms with Crippen LogP contribution in [0.3, 0.4) is 0 Å². The van der Waals surface area contributed by atoms with E-state index in [4.69, 9.17) is 4.74 Å². The first kappa shape index (κ1) is 18.9. The molecule has 0 aromatic carbocycles. The van der Waals surface area contributed by atoms with Crippen molar-refractivity contribution in [3.63, 3.8) is 0 Å². The number of amides is 1. The van der Waals surface area contributed by atoms with Gasteiger partial charge in [-0.05, 0) is 12.8 Å². The largest absolute Gasteiger partial charge is 0.383 e. The third-order valence-electron chi connectivity index (χ3n) is 4.13. The summed E-state index contributed by atoms with van der Waals surface area (Å²) >= 11 is 0. The minimum atomic E-state index is -3.26. The van der Waals surface area contributed by atoms with Crippen molar-refractivity contribution < 1.29 is 17.9 Å². The zero-order valence-corrected chi connectivity index (χ0v) is 15.1. The maximum Gasteiger partial charge on any atom is 0.223 e. The van der Waals surface area contributed by atoms with E-state index in [1.807, 2.05) is 11.1 Å². The van der Waals surface area contributed by atoms with Crippen LogP contribution in [0, 0.1) is 0 Å². The lowest BCUT2D eigenvalue weighted by molar-refractivity contribution is -0.132. The Morgan fingerprint density at radius 2 is 2.29 bits per heavy atom. The van der Waals surface area contributed by atoms with E-state index in [1.54, 1.807) is 13.3 Å². The van der Waals surface area contributed by atoms with Gasteiger partial charge in [-0.2, -0.15) is 0 Å². The van der Waals surface area contributed by atoms with Crippen LogP contribution in [-0.2, 0) is 26.1 Å². The highest BCUT2D eigenvalue weighted by atomic mass is 32.2. The zero-order valence-electron chi connectivity index (χ0n) is 14.3. The van der Waals surface area contributed by atoms with Gasteiger partial charge in [0, 0.05) is 58.0 Å². The van der Waals surface area contributed by atoms with Crippen molar-refractivity contribution in [2.45, 2.75) is 31.7 Å². The summed E-state index contributed by atoms with van der Waals surface area (Å²) in [6.45, 7) is 2.85. The number of hydrogen-bond acceptors (Lipinski definition) is 5. The molecule has 0 unspecified atom stereocenters. The lowest BCUT2D eigenvalue weighted by atomic mass is 9.97. The normalized spacial score (nSPS) is 18.8. The molecule has 1 aliphatic rings.